The van der Waals surface area contributed by atoms with E-state index in [1.807, 2.05) is 0 Å². The SMILES string of the molecule is Cc1nc(C)c(C(=O)OCC(=O)Nc2ccc(Cl)cc2[N+](=O)[O-])s1. The molecule has 0 saturated carbocycles. The van der Waals surface area contributed by atoms with Gasteiger partial charge in [0.15, 0.2) is 6.61 Å². The minimum atomic E-state index is -0.701. The number of aryl methyl sites for hydroxylation is 2. The van der Waals surface area contributed by atoms with Gasteiger partial charge in [0.25, 0.3) is 11.6 Å². The number of ether oxygens (including phenoxy) is 1. The van der Waals surface area contributed by atoms with E-state index in [1.54, 1.807) is 13.8 Å². The van der Waals surface area contributed by atoms with E-state index in [9.17, 15) is 19.7 Å². The molecule has 0 spiro atoms. The third-order valence-electron chi connectivity index (χ3n) is 2.85. The van der Waals surface area contributed by atoms with Crippen LogP contribution in [0.2, 0.25) is 5.02 Å². The van der Waals surface area contributed by atoms with Crippen LogP contribution in [0.25, 0.3) is 0 Å². The molecule has 0 saturated heterocycles. The lowest BCUT2D eigenvalue weighted by Crippen LogP contribution is -2.21. The summed E-state index contributed by atoms with van der Waals surface area (Å²) in [5, 5.41) is 14.1. The number of rotatable bonds is 5. The molecule has 1 aromatic heterocycles. The fourth-order valence-electron chi connectivity index (χ4n) is 1.87. The first-order chi connectivity index (χ1) is 11.3. The van der Waals surface area contributed by atoms with Crippen LogP contribution >= 0.6 is 22.9 Å². The molecule has 0 aliphatic rings. The zero-order valence-corrected chi connectivity index (χ0v) is 14.2. The molecule has 0 bridgehead atoms. The number of nitro groups is 1. The number of anilines is 1. The van der Waals surface area contributed by atoms with Gasteiger partial charge in [0.05, 0.1) is 15.6 Å². The minimum Gasteiger partial charge on any atom is -0.451 e. The summed E-state index contributed by atoms with van der Waals surface area (Å²) in [5.41, 5.74) is 0.141. The normalized spacial score (nSPS) is 10.3. The second-order valence-electron chi connectivity index (χ2n) is 4.69. The highest BCUT2D eigenvalue weighted by Gasteiger charge is 2.19. The Morgan fingerprint density at radius 3 is 2.71 bits per heavy atom. The Morgan fingerprint density at radius 2 is 2.12 bits per heavy atom. The first-order valence-corrected chi connectivity index (χ1v) is 7.82. The molecule has 0 atom stereocenters. The van der Waals surface area contributed by atoms with E-state index in [4.69, 9.17) is 16.3 Å². The number of nitrogens with zero attached hydrogens (tertiary/aromatic N) is 2. The fraction of sp³-hybridized carbons (Fsp3) is 0.214. The number of hydrogen-bond donors (Lipinski definition) is 1. The van der Waals surface area contributed by atoms with Crippen LogP contribution in [-0.2, 0) is 9.53 Å². The molecule has 8 nitrogen and oxygen atoms in total. The number of carbonyl (C=O) groups is 2. The molecule has 1 heterocycles. The average molecular weight is 370 g/mol. The Bertz CT molecular complexity index is 821. The van der Waals surface area contributed by atoms with Crippen molar-refractivity contribution in [3.8, 4) is 0 Å². The zero-order chi connectivity index (χ0) is 17.9. The summed E-state index contributed by atoms with van der Waals surface area (Å²) in [6, 6.07) is 3.82. The number of amides is 1. The second-order valence-corrected chi connectivity index (χ2v) is 6.33. The smallest absolute Gasteiger partial charge is 0.350 e. The molecular weight excluding hydrogens is 358 g/mol. The Balaban J connectivity index is 2.00. The second kappa shape index (κ2) is 7.37. The molecule has 0 unspecified atom stereocenters. The number of nitrogens with one attached hydrogen (secondary N) is 1. The van der Waals surface area contributed by atoms with Crippen molar-refractivity contribution < 1.29 is 19.2 Å². The quantitative estimate of drug-likeness (QED) is 0.492. The average Bonchev–Trinajstić information content (AvgIpc) is 2.85. The lowest BCUT2D eigenvalue weighted by Gasteiger charge is -2.07. The van der Waals surface area contributed by atoms with Crippen LogP contribution in [0.3, 0.4) is 0 Å². The van der Waals surface area contributed by atoms with Crippen molar-refractivity contribution in [1.29, 1.82) is 0 Å². The van der Waals surface area contributed by atoms with Gasteiger partial charge >= 0.3 is 5.97 Å². The van der Waals surface area contributed by atoms with Gasteiger partial charge in [-0.2, -0.15) is 0 Å². The maximum absolute atomic E-state index is 11.9. The molecule has 2 aromatic rings. The highest BCUT2D eigenvalue weighted by Crippen LogP contribution is 2.27. The Hall–Kier alpha value is -2.52. The predicted molar refractivity (Wildman–Crippen MR) is 88.6 cm³/mol. The molecule has 0 aliphatic carbocycles. The van der Waals surface area contributed by atoms with Crippen molar-refractivity contribution in [3.05, 3.63) is 48.9 Å². The van der Waals surface area contributed by atoms with Crippen molar-refractivity contribution in [1.82, 2.24) is 4.98 Å². The molecule has 0 aliphatic heterocycles. The van der Waals surface area contributed by atoms with Gasteiger partial charge in [-0.3, -0.25) is 14.9 Å². The van der Waals surface area contributed by atoms with Gasteiger partial charge in [-0.15, -0.1) is 11.3 Å². The van der Waals surface area contributed by atoms with E-state index in [-0.39, 0.29) is 16.4 Å². The third-order valence-corrected chi connectivity index (χ3v) is 4.14. The Kier molecular flexibility index (Phi) is 5.47. The number of benzene rings is 1. The van der Waals surface area contributed by atoms with E-state index in [0.717, 1.165) is 17.4 Å². The van der Waals surface area contributed by atoms with Gasteiger partial charge in [-0.25, -0.2) is 9.78 Å². The summed E-state index contributed by atoms with van der Waals surface area (Å²) >= 11 is 6.86. The van der Waals surface area contributed by atoms with Gasteiger partial charge in [0.2, 0.25) is 0 Å². The van der Waals surface area contributed by atoms with Crippen molar-refractivity contribution in [2.75, 3.05) is 11.9 Å². The molecule has 1 amide bonds. The molecule has 10 heteroatoms. The highest BCUT2D eigenvalue weighted by atomic mass is 35.5. The van der Waals surface area contributed by atoms with Gasteiger partial charge < -0.3 is 10.1 Å². The Labute approximate surface area is 145 Å². The van der Waals surface area contributed by atoms with E-state index in [0.29, 0.717) is 15.6 Å². The number of aromatic nitrogens is 1. The number of esters is 1. The van der Waals surface area contributed by atoms with Gasteiger partial charge in [0.1, 0.15) is 10.6 Å². The van der Waals surface area contributed by atoms with E-state index < -0.39 is 23.4 Å². The van der Waals surface area contributed by atoms with Crippen molar-refractivity contribution >= 4 is 46.2 Å². The summed E-state index contributed by atoms with van der Waals surface area (Å²) in [7, 11) is 0. The number of nitro benzene ring substituents is 1. The monoisotopic (exact) mass is 369 g/mol. The maximum atomic E-state index is 11.9. The molecular formula is C14H12ClN3O5S. The molecule has 126 valence electrons. The molecule has 1 aromatic carbocycles. The molecule has 0 radical (unpaired) electrons. The van der Waals surface area contributed by atoms with E-state index in [2.05, 4.69) is 10.3 Å². The number of thiazole rings is 1. The van der Waals surface area contributed by atoms with Crippen LogP contribution in [-0.4, -0.2) is 28.4 Å². The summed E-state index contributed by atoms with van der Waals surface area (Å²) in [6.45, 7) is 2.84. The number of hydrogen-bond acceptors (Lipinski definition) is 7. The van der Waals surface area contributed by atoms with Gasteiger partial charge in [0, 0.05) is 11.1 Å². The van der Waals surface area contributed by atoms with Crippen molar-refractivity contribution in [2.45, 2.75) is 13.8 Å². The van der Waals surface area contributed by atoms with Crippen LogP contribution in [0.5, 0.6) is 0 Å². The van der Waals surface area contributed by atoms with Crippen molar-refractivity contribution in [3.63, 3.8) is 0 Å². The minimum absolute atomic E-state index is 0.0322. The standard InChI is InChI=1S/C14H12ClN3O5S/c1-7-13(24-8(2)16-7)14(20)23-6-12(19)17-10-4-3-9(15)5-11(10)18(21)22/h3-5H,6H2,1-2H3,(H,17,19). The first-order valence-electron chi connectivity index (χ1n) is 6.63. The van der Waals surface area contributed by atoms with Crippen LogP contribution in [0.15, 0.2) is 18.2 Å². The molecule has 2 rings (SSSR count). The van der Waals surface area contributed by atoms with Crippen LogP contribution in [0.4, 0.5) is 11.4 Å². The molecule has 1 N–H and O–H groups in total. The summed E-state index contributed by atoms with van der Waals surface area (Å²) in [4.78, 5) is 38.4. The lowest BCUT2D eigenvalue weighted by molar-refractivity contribution is -0.383. The van der Waals surface area contributed by atoms with E-state index in [1.165, 1.54) is 12.1 Å². The van der Waals surface area contributed by atoms with Gasteiger partial charge in [-0.1, -0.05) is 11.6 Å². The number of carbonyl (C=O) groups excluding carboxylic acids is 2. The van der Waals surface area contributed by atoms with Crippen LogP contribution < -0.4 is 5.32 Å². The maximum Gasteiger partial charge on any atom is 0.350 e. The lowest BCUT2D eigenvalue weighted by atomic mass is 10.2. The topological polar surface area (TPSA) is 111 Å². The van der Waals surface area contributed by atoms with Crippen LogP contribution in [0, 0.1) is 24.0 Å². The summed E-state index contributed by atoms with van der Waals surface area (Å²) in [5.74, 6) is -1.37. The highest BCUT2D eigenvalue weighted by molar-refractivity contribution is 7.13. The third kappa shape index (κ3) is 4.27. The molecule has 0 fully saturated rings. The van der Waals surface area contributed by atoms with Crippen LogP contribution in [0.1, 0.15) is 20.4 Å². The zero-order valence-electron chi connectivity index (χ0n) is 12.7. The summed E-state index contributed by atoms with van der Waals surface area (Å²) < 4.78 is 4.90. The van der Waals surface area contributed by atoms with E-state index >= 15 is 0 Å². The molecule has 24 heavy (non-hydrogen) atoms. The largest absolute Gasteiger partial charge is 0.451 e. The first kappa shape index (κ1) is 17.8. The predicted octanol–water partition coefficient (Wildman–Crippen LogP) is 3.12. The van der Waals surface area contributed by atoms with Crippen molar-refractivity contribution in [2.24, 2.45) is 0 Å². The van der Waals surface area contributed by atoms with Gasteiger partial charge in [-0.05, 0) is 26.0 Å². The summed E-state index contributed by atoms with van der Waals surface area (Å²) in [6.07, 6.45) is 0. The Morgan fingerprint density at radius 1 is 1.42 bits per heavy atom. The fourth-order valence-corrected chi connectivity index (χ4v) is 2.85. The number of halogens is 1.